The maximum absolute atomic E-state index is 6.53. The molecular weight excluding hydrogens is 456 g/mol. The Kier molecular flexibility index (Phi) is 5.92. The number of aryl methyl sites for hydroxylation is 1. The summed E-state index contributed by atoms with van der Waals surface area (Å²) in [5.74, 6) is 2.13. The van der Waals surface area contributed by atoms with E-state index in [9.17, 15) is 0 Å². The first kappa shape index (κ1) is 23.5. The summed E-state index contributed by atoms with van der Waals surface area (Å²) >= 11 is 0. The molecule has 11 heteroatoms. The normalized spacial score (nSPS) is 12.9. The molecule has 0 aliphatic carbocycles. The van der Waals surface area contributed by atoms with Crippen LogP contribution < -0.4 is 26.1 Å². The van der Waals surface area contributed by atoms with Crippen LogP contribution in [0.15, 0.2) is 61.2 Å². The van der Waals surface area contributed by atoms with Crippen LogP contribution in [-0.4, -0.2) is 62.5 Å². The molecule has 36 heavy (non-hydrogen) atoms. The standard InChI is InChI=1S/C25H34N10O/c1-31-15-16-32(14-11-28-23-21(26)18-9-5-7-12-33(18)29-23)25(31)20(17-35(2,3)4)36-24-22(27)19-10-6-8-13-34(19)30-24/h5-10,12-13,15-16,20H,11,14,17,26-27H2,1-4H3,(H,28,29)/q+2. The maximum Gasteiger partial charge on any atom is 0.304 e. The van der Waals surface area contributed by atoms with E-state index >= 15 is 0 Å². The largest absolute Gasteiger partial charge is 0.453 e. The number of ether oxygens (including phenoxy) is 1. The van der Waals surface area contributed by atoms with Gasteiger partial charge in [-0.2, -0.15) is 0 Å². The molecule has 188 valence electrons. The molecule has 0 aromatic carbocycles. The van der Waals surface area contributed by atoms with E-state index in [4.69, 9.17) is 16.2 Å². The number of hydrogen-bond donors (Lipinski definition) is 3. The van der Waals surface area contributed by atoms with Gasteiger partial charge in [-0.15, -0.1) is 10.2 Å². The number of quaternary nitrogens is 1. The van der Waals surface area contributed by atoms with Crippen LogP contribution in [0.4, 0.5) is 17.2 Å². The zero-order valence-electron chi connectivity index (χ0n) is 21.2. The van der Waals surface area contributed by atoms with Crippen molar-refractivity contribution < 1.29 is 13.8 Å². The lowest BCUT2D eigenvalue weighted by molar-refractivity contribution is -0.875. The third kappa shape index (κ3) is 4.52. The van der Waals surface area contributed by atoms with E-state index in [0.717, 1.165) is 23.4 Å². The van der Waals surface area contributed by atoms with Gasteiger partial charge < -0.3 is 26.0 Å². The van der Waals surface area contributed by atoms with Gasteiger partial charge in [0.25, 0.3) is 5.88 Å². The Labute approximate surface area is 209 Å². The molecule has 1 unspecified atom stereocenters. The molecule has 0 radical (unpaired) electrons. The number of nitrogens with two attached hydrogens (primary N) is 2. The number of fused-ring (bicyclic) bond motifs is 2. The SMILES string of the molecule is C[n+]1ccn(CCNc2nn3ccccc3c2N)c1C(C[N+](C)(C)C)Oc1nn2ccccc2c1N. The van der Waals surface area contributed by atoms with Gasteiger partial charge >= 0.3 is 5.82 Å². The fraction of sp³-hybridized carbons (Fsp3) is 0.320. The van der Waals surface area contributed by atoms with Crippen molar-refractivity contribution in [1.82, 2.24) is 23.8 Å². The third-order valence-corrected chi connectivity index (χ3v) is 6.15. The van der Waals surface area contributed by atoms with Crippen LogP contribution in [0.3, 0.4) is 0 Å². The van der Waals surface area contributed by atoms with Gasteiger partial charge in [-0.25, -0.2) is 18.2 Å². The van der Waals surface area contributed by atoms with Crippen molar-refractivity contribution in [3.63, 3.8) is 0 Å². The van der Waals surface area contributed by atoms with E-state index in [0.29, 0.717) is 40.6 Å². The average Bonchev–Trinajstić information content (AvgIpc) is 3.47. The molecule has 0 saturated carbocycles. The Morgan fingerprint density at radius 2 is 1.64 bits per heavy atom. The Hall–Kier alpha value is -4.25. The second kappa shape index (κ2) is 9.08. The first-order valence-electron chi connectivity index (χ1n) is 11.9. The molecule has 0 saturated heterocycles. The van der Waals surface area contributed by atoms with Crippen LogP contribution in [0.2, 0.25) is 0 Å². The van der Waals surface area contributed by atoms with Gasteiger partial charge in [0.1, 0.15) is 36.9 Å². The molecule has 0 bridgehead atoms. The van der Waals surface area contributed by atoms with Crippen LogP contribution in [0, 0.1) is 0 Å². The van der Waals surface area contributed by atoms with Crippen LogP contribution in [0.25, 0.3) is 11.0 Å². The Balaban J connectivity index is 1.39. The molecule has 0 aliphatic heterocycles. The highest BCUT2D eigenvalue weighted by atomic mass is 16.5. The zero-order valence-corrected chi connectivity index (χ0v) is 21.2. The van der Waals surface area contributed by atoms with Crippen LogP contribution in [-0.2, 0) is 13.6 Å². The second-order valence-corrected chi connectivity index (χ2v) is 10.0. The van der Waals surface area contributed by atoms with Gasteiger partial charge in [-0.1, -0.05) is 12.1 Å². The third-order valence-electron chi connectivity index (χ3n) is 6.15. The molecule has 1 atom stereocenters. The quantitative estimate of drug-likeness (QED) is 0.214. The van der Waals surface area contributed by atoms with Crippen LogP contribution >= 0.6 is 0 Å². The summed E-state index contributed by atoms with van der Waals surface area (Å²) in [7, 11) is 8.46. The average molecular weight is 491 g/mol. The summed E-state index contributed by atoms with van der Waals surface area (Å²) in [5.41, 5.74) is 15.6. The number of rotatable bonds is 9. The lowest BCUT2D eigenvalue weighted by Crippen LogP contribution is -2.45. The first-order chi connectivity index (χ1) is 17.2. The minimum atomic E-state index is -0.280. The van der Waals surface area contributed by atoms with Gasteiger partial charge in [0, 0.05) is 12.4 Å². The number of pyridine rings is 2. The second-order valence-electron chi connectivity index (χ2n) is 10.0. The summed E-state index contributed by atoms with van der Waals surface area (Å²) in [6, 6.07) is 11.6. The minimum Gasteiger partial charge on any atom is -0.453 e. The van der Waals surface area contributed by atoms with E-state index in [2.05, 4.69) is 52.0 Å². The van der Waals surface area contributed by atoms with Gasteiger partial charge in [0.2, 0.25) is 6.10 Å². The number of likely N-dealkylation sites (N-methyl/N-ethyl adjacent to an activating group) is 1. The highest BCUT2D eigenvalue weighted by Crippen LogP contribution is 2.30. The van der Waals surface area contributed by atoms with E-state index in [-0.39, 0.29) is 6.10 Å². The molecular formula is C25H34N10O+2. The molecule has 0 aliphatic rings. The summed E-state index contributed by atoms with van der Waals surface area (Å²) in [6.07, 6.45) is 7.57. The molecule has 5 aromatic heterocycles. The van der Waals surface area contributed by atoms with Crippen molar-refractivity contribution in [1.29, 1.82) is 0 Å². The Morgan fingerprint density at radius 3 is 2.28 bits per heavy atom. The number of anilines is 3. The number of aromatic nitrogens is 6. The van der Waals surface area contributed by atoms with Crippen molar-refractivity contribution in [2.75, 3.05) is 51.0 Å². The predicted molar refractivity (Wildman–Crippen MR) is 140 cm³/mol. The Bertz CT molecular complexity index is 1510. The van der Waals surface area contributed by atoms with Crippen molar-refractivity contribution >= 4 is 28.2 Å². The lowest BCUT2D eigenvalue weighted by atomic mass is 10.2. The minimum absolute atomic E-state index is 0.280. The summed E-state index contributed by atoms with van der Waals surface area (Å²) < 4.78 is 15.0. The van der Waals surface area contributed by atoms with Crippen molar-refractivity contribution in [2.45, 2.75) is 12.6 Å². The summed E-state index contributed by atoms with van der Waals surface area (Å²) in [5, 5.41) is 12.5. The number of nitrogens with one attached hydrogen (secondary N) is 1. The fourth-order valence-electron chi connectivity index (χ4n) is 4.47. The van der Waals surface area contributed by atoms with Crippen molar-refractivity contribution in [3.8, 4) is 5.88 Å². The summed E-state index contributed by atoms with van der Waals surface area (Å²) in [4.78, 5) is 0. The van der Waals surface area contributed by atoms with E-state index in [1.54, 1.807) is 9.03 Å². The number of hydrogen-bond acceptors (Lipinski definition) is 6. The lowest BCUT2D eigenvalue weighted by Gasteiger charge is -2.27. The van der Waals surface area contributed by atoms with Gasteiger partial charge in [0.05, 0.1) is 45.8 Å². The maximum atomic E-state index is 6.53. The number of nitrogen functional groups attached to an aromatic ring is 2. The highest BCUT2D eigenvalue weighted by molar-refractivity contribution is 5.80. The molecule has 5 heterocycles. The van der Waals surface area contributed by atoms with Crippen molar-refractivity contribution in [3.05, 3.63) is 67.0 Å². The fourth-order valence-corrected chi connectivity index (χ4v) is 4.47. The smallest absolute Gasteiger partial charge is 0.304 e. The first-order valence-corrected chi connectivity index (χ1v) is 11.9. The number of nitrogens with zero attached hydrogens (tertiary/aromatic N) is 7. The molecule has 5 aromatic rings. The van der Waals surface area contributed by atoms with E-state index < -0.39 is 0 Å². The van der Waals surface area contributed by atoms with E-state index in [1.165, 1.54) is 0 Å². The monoisotopic (exact) mass is 490 g/mol. The predicted octanol–water partition coefficient (Wildman–Crippen LogP) is 1.71. The molecule has 5 N–H and O–H groups in total. The number of imidazole rings is 1. The Morgan fingerprint density at radius 1 is 0.972 bits per heavy atom. The molecule has 5 rings (SSSR count). The molecule has 0 amide bonds. The topological polar surface area (TPSA) is 117 Å². The molecule has 0 fully saturated rings. The summed E-state index contributed by atoms with van der Waals surface area (Å²) in [6.45, 7) is 2.06. The van der Waals surface area contributed by atoms with Crippen LogP contribution in [0.5, 0.6) is 5.88 Å². The van der Waals surface area contributed by atoms with Gasteiger partial charge in [-0.3, -0.25) is 0 Å². The van der Waals surface area contributed by atoms with Crippen molar-refractivity contribution in [2.24, 2.45) is 7.05 Å². The molecule has 0 spiro atoms. The van der Waals surface area contributed by atoms with Gasteiger partial charge in [0.15, 0.2) is 5.82 Å². The van der Waals surface area contributed by atoms with E-state index in [1.807, 2.05) is 62.0 Å². The van der Waals surface area contributed by atoms with Gasteiger partial charge in [-0.05, 0) is 24.3 Å². The van der Waals surface area contributed by atoms with Crippen LogP contribution in [0.1, 0.15) is 11.9 Å². The molecule has 11 nitrogen and oxygen atoms in total. The highest BCUT2D eigenvalue weighted by Gasteiger charge is 2.34. The zero-order chi connectivity index (χ0) is 25.4.